The number of esters is 2. The molecule has 0 amide bonds. The molecule has 0 saturated carbocycles. The van der Waals surface area contributed by atoms with Crippen molar-refractivity contribution in [1.82, 2.24) is 14.1 Å². The summed E-state index contributed by atoms with van der Waals surface area (Å²) in [6, 6.07) is 8.73. The summed E-state index contributed by atoms with van der Waals surface area (Å²) in [4.78, 5) is 77.0. The lowest BCUT2D eigenvalue weighted by molar-refractivity contribution is -0.172. The fourth-order valence-electron chi connectivity index (χ4n) is 8.15. The van der Waals surface area contributed by atoms with Crippen molar-refractivity contribution in [2.75, 3.05) is 11.6 Å². The van der Waals surface area contributed by atoms with E-state index in [0.717, 1.165) is 22.6 Å². The first-order valence-corrected chi connectivity index (χ1v) is 20.6. The van der Waals surface area contributed by atoms with Gasteiger partial charge in [-0.1, -0.05) is 28.7 Å². The number of Topliss-reactive ketones (excluding diaryl/α,β-unsaturated/α-hetero) is 2. The zero-order chi connectivity index (χ0) is 45.2. The molecule has 9 rings (SSSR count). The van der Waals surface area contributed by atoms with E-state index in [1.807, 2.05) is 0 Å². The van der Waals surface area contributed by atoms with Crippen molar-refractivity contribution in [2.24, 2.45) is 0 Å². The predicted octanol–water partition coefficient (Wildman–Crippen LogP) is 6.77. The number of nitrogens with two attached hydrogens (primary N) is 1. The van der Waals surface area contributed by atoms with Gasteiger partial charge in [0.05, 0.1) is 46.2 Å². The van der Waals surface area contributed by atoms with E-state index >= 15 is 0 Å². The third-order valence-corrected chi connectivity index (χ3v) is 12.4. The maximum absolute atomic E-state index is 14.2. The predicted molar refractivity (Wildman–Crippen MR) is 236 cm³/mol. The number of ketones is 2. The Morgan fingerprint density at radius 2 is 1.33 bits per heavy atom. The van der Waals surface area contributed by atoms with Crippen LogP contribution in [0.25, 0.3) is 22.3 Å². The van der Waals surface area contributed by atoms with Gasteiger partial charge >= 0.3 is 11.9 Å². The molecule has 0 bridgehead atoms. The number of alkyl halides is 2. The summed E-state index contributed by atoms with van der Waals surface area (Å²) in [6.07, 6.45) is 0.435. The monoisotopic (exact) mass is 924 g/mol. The van der Waals surface area contributed by atoms with E-state index in [4.69, 9.17) is 38.4 Å². The van der Waals surface area contributed by atoms with Gasteiger partial charge in [-0.3, -0.25) is 19.2 Å². The van der Waals surface area contributed by atoms with Crippen LogP contribution in [0.3, 0.4) is 0 Å². The van der Waals surface area contributed by atoms with Gasteiger partial charge in [-0.2, -0.15) is 0 Å². The lowest BCUT2D eigenvalue weighted by Gasteiger charge is -2.31. The molecule has 2 atom stereocenters. The third-order valence-electron chi connectivity index (χ3n) is 11.9. The van der Waals surface area contributed by atoms with Crippen LogP contribution < -0.4 is 16.9 Å². The highest BCUT2D eigenvalue weighted by atomic mass is 35.5. The van der Waals surface area contributed by atoms with Gasteiger partial charge < -0.3 is 34.6 Å². The Hall–Kier alpha value is -5.81. The lowest BCUT2D eigenvalue weighted by Crippen LogP contribution is -2.44. The number of pyridine rings is 3. The number of halogens is 4. The largest absolute Gasteiger partial charge is 0.458 e. The average Bonchev–Trinajstić information content (AvgIpc) is 3.82. The van der Waals surface area contributed by atoms with Crippen LogP contribution in [0.15, 0.2) is 46.0 Å². The Labute approximate surface area is 376 Å². The number of hydrogen-bond donors (Lipinski definition) is 3. The highest BCUT2D eigenvalue weighted by Crippen LogP contribution is 2.41. The summed E-state index contributed by atoms with van der Waals surface area (Å²) in [5, 5.41) is 22.1. The molecule has 340 valence electrons. The van der Waals surface area contributed by atoms with E-state index in [1.165, 1.54) is 22.8 Å². The molecule has 0 saturated heterocycles. The zero-order valence-corrected chi connectivity index (χ0v) is 35.4. The molecule has 7 heterocycles. The number of benzene rings is 2. The molecule has 3 aromatic heterocycles. The molecule has 18 heteroatoms. The van der Waals surface area contributed by atoms with Gasteiger partial charge in [-0.15, -0.1) is 23.2 Å². The number of cyclic esters (lactones) is 2. The van der Waals surface area contributed by atoms with Crippen LogP contribution in [-0.2, 0) is 62.4 Å². The van der Waals surface area contributed by atoms with Crippen LogP contribution in [0.1, 0.15) is 113 Å². The second-order valence-corrected chi connectivity index (χ2v) is 15.9. The van der Waals surface area contributed by atoms with Crippen molar-refractivity contribution in [3.8, 4) is 11.4 Å². The van der Waals surface area contributed by atoms with Crippen LogP contribution in [0.5, 0.6) is 0 Å². The second kappa shape index (κ2) is 18.4. The summed E-state index contributed by atoms with van der Waals surface area (Å²) in [7, 11) is 0. The smallest absolute Gasteiger partial charge is 0.343 e. The molecule has 2 aromatic carbocycles. The van der Waals surface area contributed by atoms with Gasteiger partial charge in [0.15, 0.2) is 22.8 Å². The van der Waals surface area contributed by atoms with Crippen molar-refractivity contribution in [2.45, 2.75) is 105 Å². The maximum atomic E-state index is 14.2. The summed E-state index contributed by atoms with van der Waals surface area (Å²) >= 11 is 11.6. The van der Waals surface area contributed by atoms with E-state index < -0.39 is 29.0 Å². The van der Waals surface area contributed by atoms with Gasteiger partial charge in [0, 0.05) is 58.2 Å². The highest BCUT2D eigenvalue weighted by molar-refractivity contribution is 6.31. The van der Waals surface area contributed by atoms with Crippen molar-refractivity contribution in [1.29, 1.82) is 0 Å². The zero-order valence-electron chi connectivity index (χ0n) is 33.9. The van der Waals surface area contributed by atoms with E-state index in [9.17, 15) is 47.8 Å². The summed E-state index contributed by atoms with van der Waals surface area (Å²) < 4.78 is 40.0. The minimum atomic E-state index is -1.89. The van der Waals surface area contributed by atoms with Crippen LogP contribution in [-0.4, -0.2) is 53.7 Å². The second-order valence-electron chi connectivity index (χ2n) is 15.4. The fraction of sp³-hybridized carbons (Fsp3) is 0.370. The Morgan fingerprint density at radius 3 is 1.88 bits per heavy atom. The van der Waals surface area contributed by atoms with Crippen molar-refractivity contribution in [3.05, 3.63) is 125 Å². The number of aryl methyl sites for hydroxylation is 2. The molecule has 0 fully saturated rings. The van der Waals surface area contributed by atoms with Crippen LogP contribution in [0.4, 0.5) is 14.5 Å². The quantitative estimate of drug-likeness (QED) is 0.0709. The van der Waals surface area contributed by atoms with E-state index in [-0.39, 0.29) is 133 Å². The normalized spacial score (nSPS) is 18.6. The van der Waals surface area contributed by atoms with Gasteiger partial charge in [0.2, 0.25) is 0 Å². The number of hydrogen-bond acceptors (Lipinski definition) is 12. The molecule has 5 aromatic rings. The molecule has 4 aliphatic heterocycles. The first-order valence-electron chi connectivity index (χ1n) is 19.5. The first kappa shape index (κ1) is 49.2. The van der Waals surface area contributed by atoms with E-state index in [1.54, 1.807) is 44.4 Å². The molecular weight excluding hydrogens is 877 g/mol. The van der Waals surface area contributed by atoms with E-state index in [2.05, 4.69) is 4.98 Å². The minimum Gasteiger partial charge on any atom is -0.458 e. The molecule has 0 spiro atoms. The number of carbonyl (C=O) groups is 4. The van der Waals surface area contributed by atoms with Crippen LogP contribution in [0, 0.1) is 25.5 Å². The highest BCUT2D eigenvalue weighted by Gasteiger charge is 2.47. The third kappa shape index (κ3) is 7.90. The number of aliphatic hydroxyl groups is 2. The topological polar surface area (TPSA) is 210 Å². The number of carbonyl (C=O) groups excluding carboxylic acids is 4. The van der Waals surface area contributed by atoms with Crippen molar-refractivity contribution in [3.63, 3.8) is 0 Å². The average molecular weight is 926 g/mol. The van der Waals surface area contributed by atoms with Gasteiger partial charge in [0.1, 0.15) is 24.8 Å². The van der Waals surface area contributed by atoms with Gasteiger partial charge in [-0.25, -0.2) is 23.4 Å². The summed E-state index contributed by atoms with van der Waals surface area (Å²) in [5.74, 6) is -2.73. The lowest BCUT2D eigenvalue weighted by atomic mass is 9.86. The number of ether oxygens (including phenoxy) is 2. The Kier molecular flexibility index (Phi) is 14.1. The summed E-state index contributed by atoms with van der Waals surface area (Å²) in [6.45, 7) is 6.80. The molecule has 4 aliphatic rings. The molecule has 0 unspecified atom stereocenters. The minimum absolute atomic E-state index is 0. The summed E-state index contributed by atoms with van der Waals surface area (Å²) in [5.41, 5.74) is 6.61. The Bertz CT molecular complexity index is 2920. The number of anilines is 1. The fourth-order valence-corrected chi connectivity index (χ4v) is 8.60. The van der Waals surface area contributed by atoms with E-state index in [0.29, 0.717) is 34.6 Å². The first-order chi connectivity index (χ1) is 29.3. The van der Waals surface area contributed by atoms with Crippen LogP contribution >= 0.6 is 23.2 Å². The number of rotatable bonds is 5. The number of nitrogen functional groups attached to an aromatic ring is 1. The van der Waals surface area contributed by atoms with Crippen molar-refractivity contribution >= 4 is 63.3 Å². The Morgan fingerprint density at radius 1 is 0.797 bits per heavy atom. The van der Waals surface area contributed by atoms with Crippen molar-refractivity contribution < 1.29 is 47.6 Å². The van der Waals surface area contributed by atoms with Gasteiger partial charge in [-0.05, 0) is 73.7 Å². The SMILES string of the molecule is C.C.CC[C@@]1(O)C(=O)OCc2c1cc1n(c2=O)CCC1=O.CC[C@@]1(O)C(=O)OCc2c1cc1n(c2=O)Cc2c-1nc1cc(F)c(C)cc1c2CCl.Cc1cc(C(=O)CCl)c(N)cc1F. The number of aromatic nitrogens is 3. The standard InChI is InChI=1S/C22H18ClFN2O4.C13H13NO5.C9H9ClFNO.2CH4/c1-3-22(29)15-5-18-19-13(8-26(18)20(27)14(15)9-30-21(22)28)12(7-23)11-4-10(2)16(24)6-17(11)25-19;1-2-13(18)8-5-9-10(15)3-4-14(9)11(16)7(8)6-19-12(13)17;1-5-2-6(9(13)4-10)8(12)3-7(5)11;;/h4-6,29H,3,7-9H2,1-2H3;5,18H,2-4,6H2,1H3;2-3H,4,12H2,1H3;2*1H4/t22-;13-;;;/m00.../s1. The molecule has 0 aliphatic carbocycles. The molecule has 64 heavy (non-hydrogen) atoms. The number of nitrogens with zero attached hydrogens (tertiary/aromatic N) is 3. The Balaban J connectivity index is 0.000000195. The molecule has 4 N–H and O–H groups in total. The molecule has 14 nitrogen and oxygen atoms in total. The van der Waals surface area contributed by atoms with Gasteiger partial charge in [0.25, 0.3) is 11.1 Å². The maximum Gasteiger partial charge on any atom is 0.343 e. The number of fused-ring (bicyclic) bond motifs is 7. The van der Waals surface area contributed by atoms with Crippen LogP contribution in [0.2, 0.25) is 0 Å². The molecular formula is C46H48Cl2F2N4O10. The molecule has 0 radical (unpaired) electrons.